The molecule has 1 atom stereocenters. The molecule has 9 heteroatoms. The van der Waals surface area contributed by atoms with Crippen LogP contribution in [-0.2, 0) is 11.4 Å². The summed E-state index contributed by atoms with van der Waals surface area (Å²) in [6.07, 6.45) is 0.886. The van der Waals surface area contributed by atoms with Crippen molar-refractivity contribution in [3.63, 3.8) is 0 Å². The molecule has 0 fully saturated rings. The van der Waals surface area contributed by atoms with Gasteiger partial charge < -0.3 is 14.8 Å². The second-order valence-electron chi connectivity index (χ2n) is 6.95. The molecule has 32 heavy (non-hydrogen) atoms. The van der Waals surface area contributed by atoms with Crippen molar-refractivity contribution in [2.24, 2.45) is 0 Å². The lowest BCUT2D eigenvalue weighted by Gasteiger charge is -2.14. The number of hydrogen-bond acceptors (Lipinski definition) is 6. The van der Waals surface area contributed by atoms with E-state index in [1.807, 2.05) is 61.7 Å². The Bertz CT molecular complexity index is 1010. The third-order valence-electron chi connectivity index (χ3n) is 4.49. The molecule has 0 aliphatic rings. The van der Waals surface area contributed by atoms with Gasteiger partial charge in [0.15, 0.2) is 11.0 Å². The fourth-order valence-corrected chi connectivity index (χ4v) is 3.91. The van der Waals surface area contributed by atoms with Crippen LogP contribution in [0.2, 0.25) is 5.02 Å². The number of aromatic nitrogens is 3. The normalized spacial score (nSPS) is 11.8. The van der Waals surface area contributed by atoms with Gasteiger partial charge in [-0.25, -0.2) is 0 Å². The first kappa shape index (κ1) is 23.9. The largest absolute Gasteiger partial charge is 0.494 e. The summed E-state index contributed by atoms with van der Waals surface area (Å²) < 4.78 is 13.3. The van der Waals surface area contributed by atoms with Crippen molar-refractivity contribution in [1.29, 1.82) is 0 Å². The summed E-state index contributed by atoms with van der Waals surface area (Å²) in [7, 11) is 0. The lowest BCUT2D eigenvalue weighted by molar-refractivity contribution is -0.120. The average Bonchev–Trinajstić information content (AvgIpc) is 3.20. The molecule has 3 rings (SSSR count). The van der Waals surface area contributed by atoms with Crippen LogP contribution in [-0.4, -0.2) is 39.1 Å². The molecule has 0 saturated carbocycles. The van der Waals surface area contributed by atoms with Gasteiger partial charge in [0.05, 0.1) is 11.9 Å². The van der Waals surface area contributed by atoms with Crippen molar-refractivity contribution in [2.45, 2.75) is 44.2 Å². The zero-order valence-electron chi connectivity index (χ0n) is 18.4. The van der Waals surface area contributed by atoms with Gasteiger partial charge in [-0.05, 0) is 68.8 Å². The van der Waals surface area contributed by atoms with Gasteiger partial charge in [-0.2, -0.15) is 0 Å². The molecule has 1 N–H and O–H groups in total. The number of carbonyl (C=O) groups excluding carboxylic acids is 1. The van der Waals surface area contributed by atoms with E-state index >= 15 is 0 Å². The Morgan fingerprint density at radius 3 is 2.34 bits per heavy atom. The number of ether oxygens (including phenoxy) is 2. The van der Waals surface area contributed by atoms with Crippen molar-refractivity contribution in [3.05, 3.63) is 59.4 Å². The molecular weight excluding hydrogens is 448 g/mol. The van der Waals surface area contributed by atoms with Crippen molar-refractivity contribution in [2.75, 3.05) is 13.2 Å². The van der Waals surface area contributed by atoms with Crippen LogP contribution in [0.25, 0.3) is 5.69 Å². The molecule has 0 spiro atoms. The van der Waals surface area contributed by atoms with Gasteiger partial charge in [0, 0.05) is 17.3 Å². The molecule has 0 bridgehead atoms. The van der Waals surface area contributed by atoms with Gasteiger partial charge in [0.25, 0.3) is 0 Å². The van der Waals surface area contributed by atoms with Crippen LogP contribution in [0.3, 0.4) is 0 Å². The summed E-state index contributed by atoms with van der Waals surface area (Å²) in [6, 6.07) is 14.8. The minimum absolute atomic E-state index is 0.0327. The van der Waals surface area contributed by atoms with Gasteiger partial charge in [-0.3, -0.25) is 9.36 Å². The SMILES string of the molecule is CCCNC(=O)C(C)Sc1nnc(COc2ccc(OCC)cc2)n1-c1ccc(Cl)cc1. The Morgan fingerprint density at radius 1 is 1.06 bits per heavy atom. The second-order valence-corrected chi connectivity index (χ2v) is 8.70. The second kappa shape index (κ2) is 11.8. The maximum atomic E-state index is 12.3. The highest BCUT2D eigenvalue weighted by molar-refractivity contribution is 8.00. The zero-order valence-corrected chi connectivity index (χ0v) is 19.9. The highest BCUT2D eigenvalue weighted by Crippen LogP contribution is 2.27. The molecule has 7 nitrogen and oxygen atoms in total. The lowest BCUT2D eigenvalue weighted by Crippen LogP contribution is -2.31. The number of thioether (sulfide) groups is 1. The summed E-state index contributed by atoms with van der Waals surface area (Å²) in [5.41, 5.74) is 0.841. The van der Waals surface area contributed by atoms with Crippen LogP contribution in [0.4, 0.5) is 0 Å². The van der Waals surface area contributed by atoms with E-state index < -0.39 is 0 Å². The fraction of sp³-hybridized carbons (Fsp3) is 0.348. The number of nitrogens with one attached hydrogen (secondary N) is 1. The van der Waals surface area contributed by atoms with Crippen LogP contribution in [0.1, 0.15) is 33.0 Å². The minimum Gasteiger partial charge on any atom is -0.494 e. The van der Waals surface area contributed by atoms with Crippen molar-refractivity contribution < 1.29 is 14.3 Å². The van der Waals surface area contributed by atoms with E-state index in [0.29, 0.717) is 34.9 Å². The van der Waals surface area contributed by atoms with E-state index in [4.69, 9.17) is 21.1 Å². The molecule has 0 radical (unpaired) electrons. The topological polar surface area (TPSA) is 78.3 Å². The van der Waals surface area contributed by atoms with Crippen molar-refractivity contribution in [3.8, 4) is 17.2 Å². The Labute approximate surface area is 197 Å². The molecule has 1 aromatic heterocycles. The molecule has 1 amide bonds. The van der Waals surface area contributed by atoms with Crippen molar-refractivity contribution in [1.82, 2.24) is 20.1 Å². The van der Waals surface area contributed by atoms with E-state index in [1.54, 1.807) is 12.1 Å². The third-order valence-corrected chi connectivity index (χ3v) is 5.78. The molecule has 170 valence electrons. The van der Waals surface area contributed by atoms with Gasteiger partial charge in [0.1, 0.15) is 18.1 Å². The van der Waals surface area contributed by atoms with Gasteiger partial charge >= 0.3 is 0 Å². The molecular formula is C23H27ClN4O3S. The van der Waals surface area contributed by atoms with Crippen LogP contribution < -0.4 is 14.8 Å². The average molecular weight is 475 g/mol. The molecule has 1 heterocycles. The van der Waals surface area contributed by atoms with Crippen LogP contribution in [0, 0.1) is 0 Å². The Kier molecular flexibility index (Phi) is 8.81. The van der Waals surface area contributed by atoms with Gasteiger partial charge in [-0.1, -0.05) is 30.3 Å². The Balaban J connectivity index is 1.80. The number of hydrogen-bond donors (Lipinski definition) is 1. The highest BCUT2D eigenvalue weighted by atomic mass is 35.5. The monoisotopic (exact) mass is 474 g/mol. The first-order valence-electron chi connectivity index (χ1n) is 10.5. The number of amides is 1. The molecule has 1 unspecified atom stereocenters. The fourth-order valence-electron chi connectivity index (χ4n) is 2.87. The number of halogens is 1. The lowest BCUT2D eigenvalue weighted by atomic mass is 10.3. The molecule has 0 aliphatic carbocycles. The number of carbonyl (C=O) groups is 1. The predicted octanol–water partition coefficient (Wildman–Crippen LogP) is 4.91. The van der Waals surface area contributed by atoms with Gasteiger partial charge in [0.2, 0.25) is 5.91 Å². The summed E-state index contributed by atoms with van der Waals surface area (Å²) in [5.74, 6) is 2.07. The summed E-state index contributed by atoms with van der Waals surface area (Å²) in [6.45, 7) is 7.28. The smallest absolute Gasteiger partial charge is 0.233 e. The molecule has 3 aromatic rings. The van der Waals surface area contributed by atoms with Crippen LogP contribution in [0.15, 0.2) is 53.7 Å². The Morgan fingerprint density at radius 2 is 1.72 bits per heavy atom. The first-order chi connectivity index (χ1) is 15.5. The molecule has 2 aromatic carbocycles. The van der Waals surface area contributed by atoms with Crippen LogP contribution >= 0.6 is 23.4 Å². The van der Waals surface area contributed by atoms with E-state index in [1.165, 1.54) is 11.8 Å². The van der Waals surface area contributed by atoms with Crippen molar-refractivity contribution >= 4 is 29.3 Å². The Hall–Kier alpha value is -2.71. The highest BCUT2D eigenvalue weighted by Gasteiger charge is 2.21. The van der Waals surface area contributed by atoms with E-state index in [0.717, 1.165) is 17.9 Å². The zero-order chi connectivity index (χ0) is 22.9. The first-order valence-corrected chi connectivity index (χ1v) is 11.8. The number of benzene rings is 2. The van der Waals surface area contributed by atoms with Gasteiger partial charge in [-0.15, -0.1) is 10.2 Å². The van der Waals surface area contributed by atoms with E-state index in [-0.39, 0.29) is 17.8 Å². The maximum Gasteiger partial charge on any atom is 0.233 e. The quantitative estimate of drug-likeness (QED) is 0.398. The van der Waals surface area contributed by atoms with E-state index in [9.17, 15) is 4.79 Å². The number of rotatable bonds is 11. The van der Waals surface area contributed by atoms with E-state index in [2.05, 4.69) is 15.5 Å². The van der Waals surface area contributed by atoms with Crippen LogP contribution in [0.5, 0.6) is 11.5 Å². The summed E-state index contributed by atoms with van der Waals surface area (Å²) in [5, 5.41) is 12.5. The molecule has 0 aliphatic heterocycles. The predicted molar refractivity (Wildman–Crippen MR) is 127 cm³/mol. The summed E-state index contributed by atoms with van der Waals surface area (Å²) >= 11 is 7.42. The summed E-state index contributed by atoms with van der Waals surface area (Å²) in [4.78, 5) is 12.3. The minimum atomic E-state index is -0.323. The third kappa shape index (κ3) is 6.40. The number of nitrogens with zero attached hydrogens (tertiary/aromatic N) is 3. The maximum absolute atomic E-state index is 12.3. The standard InChI is InChI=1S/C23H27ClN4O3S/c1-4-14-25-22(29)16(3)32-23-27-26-21(28(23)18-8-6-17(24)7-9-18)15-31-20-12-10-19(11-13-20)30-5-2/h6-13,16H,4-5,14-15H2,1-3H3,(H,25,29). The molecule has 0 saturated heterocycles.